The zero-order chi connectivity index (χ0) is 13.1. The lowest BCUT2D eigenvalue weighted by molar-refractivity contribution is -0.138. The first kappa shape index (κ1) is 14.4. The van der Waals surface area contributed by atoms with E-state index in [0.29, 0.717) is 11.0 Å². The Bertz CT molecular complexity index is 299. The fraction of sp³-hybridized carbons (Fsp3) is 0.833. The summed E-state index contributed by atoms with van der Waals surface area (Å²) in [6.45, 7) is 7.35. The molecule has 1 heterocycles. The molecular formula is C12H21NO3S. The highest BCUT2D eigenvalue weighted by molar-refractivity contribution is 8.00. The van der Waals surface area contributed by atoms with Crippen molar-refractivity contribution in [3.05, 3.63) is 0 Å². The number of amides is 1. The molecule has 5 heteroatoms. The molecule has 0 radical (unpaired) electrons. The molecule has 0 spiro atoms. The van der Waals surface area contributed by atoms with Crippen LogP contribution in [-0.2, 0) is 14.3 Å². The number of likely N-dealkylation sites (tertiary alicyclic amines) is 1. The van der Waals surface area contributed by atoms with Crippen LogP contribution in [0.3, 0.4) is 0 Å². The number of rotatable bonds is 3. The van der Waals surface area contributed by atoms with Gasteiger partial charge in [-0.3, -0.25) is 9.59 Å². The van der Waals surface area contributed by atoms with Gasteiger partial charge in [-0.05, 0) is 6.42 Å². The second-order valence-corrected chi connectivity index (χ2v) is 6.59. The number of hydrogen-bond donors (Lipinski definition) is 0. The molecule has 0 aromatic heterocycles. The van der Waals surface area contributed by atoms with E-state index in [2.05, 4.69) is 4.74 Å². The standard InChI is InChI=1S/C12H21NO3S/c1-12(2,3)11(15)13-6-5-9(7-13)17-8-10(14)16-4/h9H,5-8H2,1-4H3. The molecule has 1 amide bonds. The molecule has 1 aliphatic heterocycles. The highest BCUT2D eigenvalue weighted by Gasteiger charge is 2.33. The minimum Gasteiger partial charge on any atom is -0.468 e. The number of thioether (sulfide) groups is 1. The van der Waals surface area contributed by atoms with Crippen molar-refractivity contribution in [1.29, 1.82) is 0 Å². The molecule has 0 bridgehead atoms. The van der Waals surface area contributed by atoms with Crippen molar-refractivity contribution in [1.82, 2.24) is 4.90 Å². The first-order valence-corrected chi connectivity index (χ1v) is 6.87. The van der Waals surface area contributed by atoms with Gasteiger partial charge in [0.25, 0.3) is 0 Å². The molecule has 0 N–H and O–H groups in total. The van der Waals surface area contributed by atoms with Crippen LogP contribution in [0.4, 0.5) is 0 Å². The van der Waals surface area contributed by atoms with Gasteiger partial charge in [0.15, 0.2) is 0 Å². The summed E-state index contributed by atoms with van der Waals surface area (Å²) in [7, 11) is 1.40. The summed E-state index contributed by atoms with van der Waals surface area (Å²) in [4.78, 5) is 24.9. The highest BCUT2D eigenvalue weighted by atomic mass is 32.2. The van der Waals surface area contributed by atoms with Crippen molar-refractivity contribution in [2.45, 2.75) is 32.4 Å². The molecule has 0 aromatic carbocycles. The summed E-state index contributed by atoms with van der Waals surface area (Å²) in [6.07, 6.45) is 0.962. The van der Waals surface area contributed by atoms with E-state index < -0.39 is 0 Å². The average Bonchev–Trinajstić information content (AvgIpc) is 2.71. The van der Waals surface area contributed by atoms with Crippen LogP contribution in [-0.4, -0.2) is 48.0 Å². The van der Waals surface area contributed by atoms with E-state index >= 15 is 0 Å². The molecule has 0 aliphatic carbocycles. The Labute approximate surface area is 107 Å². The van der Waals surface area contributed by atoms with E-state index in [9.17, 15) is 9.59 Å². The number of hydrogen-bond acceptors (Lipinski definition) is 4. The molecule has 1 rings (SSSR count). The molecule has 1 unspecified atom stereocenters. The van der Waals surface area contributed by atoms with Crippen molar-refractivity contribution < 1.29 is 14.3 Å². The molecule has 17 heavy (non-hydrogen) atoms. The van der Waals surface area contributed by atoms with Gasteiger partial charge in [0, 0.05) is 23.8 Å². The maximum Gasteiger partial charge on any atom is 0.315 e. The van der Waals surface area contributed by atoms with E-state index in [1.807, 2.05) is 25.7 Å². The third kappa shape index (κ3) is 4.22. The van der Waals surface area contributed by atoms with Crippen molar-refractivity contribution in [2.24, 2.45) is 5.41 Å². The maximum atomic E-state index is 12.0. The minimum atomic E-state index is -0.318. The summed E-state index contributed by atoms with van der Waals surface area (Å²) in [5, 5.41) is 0.361. The largest absolute Gasteiger partial charge is 0.468 e. The summed E-state index contributed by atoms with van der Waals surface area (Å²) in [5.74, 6) is 0.368. The highest BCUT2D eigenvalue weighted by Crippen LogP contribution is 2.26. The van der Waals surface area contributed by atoms with Crippen LogP contribution in [0.25, 0.3) is 0 Å². The predicted octanol–water partition coefficient (Wildman–Crippen LogP) is 1.54. The lowest BCUT2D eigenvalue weighted by Crippen LogP contribution is -2.38. The Balaban J connectivity index is 2.37. The van der Waals surface area contributed by atoms with Crippen LogP contribution in [0.5, 0.6) is 0 Å². The first-order valence-electron chi connectivity index (χ1n) is 5.82. The van der Waals surface area contributed by atoms with Crippen LogP contribution in [0.15, 0.2) is 0 Å². The van der Waals surface area contributed by atoms with Crippen LogP contribution in [0.1, 0.15) is 27.2 Å². The number of carbonyl (C=O) groups is 2. The van der Waals surface area contributed by atoms with Gasteiger partial charge in [-0.2, -0.15) is 0 Å². The molecule has 1 saturated heterocycles. The number of ether oxygens (including phenoxy) is 1. The molecule has 1 fully saturated rings. The minimum absolute atomic E-state index is 0.193. The molecular weight excluding hydrogens is 238 g/mol. The zero-order valence-corrected chi connectivity index (χ0v) is 11.8. The number of methoxy groups -OCH3 is 1. The molecule has 1 aliphatic rings. The summed E-state index contributed by atoms with van der Waals surface area (Å²) < 4.78 is 4.60. The smallest absolute Gasteiger partial charge is 0.315 e. The van der Waals surface area contributed by atoms with E-state index in [0.717, 1.165) is 19.5 Å². The van der Waals surface area contributed by atoms with Crippen LogP contribution >= 0.6 is 11.8 Å². The molecule has 4 nitrogen and oxygen atoms in total. The predicted molar refractivity (Wildman–Crippen MR) is 68.9 cm³/mol. The number of carbonyl (C=O) groups excluding carboxylic acids is 2. The summed E-state index contributed by atoms with van der Waals surface area (Å²) in [5.41, 5.74) is -0.318. The zero-order valence-electron chi connectivity index (χ0n) is 11.0. The topological polar surface area (TPSA) is 46.6 Å². The fourth-order valence-corrected chi connectivity index (χ4v) is 2.81. The second kappa shape index (κ2) is 5.76. The van der Waals surface area contributed by atoms with Crippen molar-refractivity contribution >= 4 is 23.6 Å². The van der Waals surface area contributed by atoms with Gasteiger partial charge in [0.05, 0.1) is 12.9 Å². The molecule has 1 atom stereocenters. The van der Waals surface area contributed by atoms with E-state index in [1.54, 1.807) is 11.8 Å². The van der Waals surface area contributed by atoms with Gasteiger partial charge in [-0.25, -0.2) is 0 Å². The summed E-state index contributed by atoms with van der Waals surface area (Å²) >= 11 is 1.58. The number of nitrogens with zero attached hydrogens (tertiary/aromatic N) is 1. The fourth-order valence-electron chi connectivity index (χ4n) is 1.77. The molecule has 0 aromatic rings. The first-order chi connectivity index (χ1) is 7.84. The van der Waals surface area contributed by atoms with Crippen molar-refractivity contribution in [3.63, 3.8) is 0 Å². The quantitative estimate of drug-likeness (QED) is 0.721. The van der Waals surface area contributed by atoms with Gasteiger partial charge >= 0.3 is 5.97 Å². The van der Waals surface area contributed by atoms with Gasteiger partial charge in [-0.1, -0.05) is 20.8 Å². The van der Waals surface area contributed by atoms with Gasteiger partial charge in [0.2, 0.25) is 5.91 Å². The van der Waals surface area contributed by atoms with E-state index in [1.165, 1.54) is 7.11 Å². The van der Waals surface area contributed by atoms with Gasteiger partial charge in [-0.15, -0.1) is 11.8 Å². The SMILES string of the molecule is COC(=O)CSC1CCN(C(=O)C(C)(C)C)C1. The third-order valence-corrected chi connectivity index (χ3v) is 4.00. The van der Waals surface area contributed by atoms with Gasteiger partial charge in [0.1, 0.15) is 0 Å². The molecule has 0 saturated carbocycles. The lowest BCUT2D eigenvalue weighted by Gasteiger charge is -2.25. The van der Waals surface area contributed by atoms with Crippen LogP contribution < -0.4 is 0 Å². The monoisotopic (exact) mass is 259 g/mol. The third-order valence-electron chi connectivity index (χ3n) is 2.74. The van der Waals surface area contributed by atoms with Crippen molar-refractivity contribution in [3.8, 4) is 0 Å². The second-order valence-electron chi connectivity index (χ2n) is 5.30. The summed E-state index contributed by atoms with van der Waals surface area (Å²) in [6, 6.07) is 0. The normalized spacial score (nSPS) is 20.5. The van der Waals surface area contributed by atoms with Crippen molar-refractivity contribution in [2.75, 3.05) is 26.0 Å². The Hall–Kier alpha value is -0.710. The number of esters is 1. The molecule has 98 valence electrons. The average molecular weight is 259 g/mol. The maximum absolute atomic E-state index is 12.0. The Morgan fingerprint density at radius 3 is 2.59 bits per heavy atom. The van der Waals surface area contributed by atoms with Crippen LogP contribution in [0.2, 0.25) is 0 Å². The Morgan fingerprint density at radius 1 is 1.41 bits per heavy atom. The Kier molecular flexibility index (Phi) is 4.86. The Morgan fingerprint density at radius 2 is 2.06 bits per heavy atom. The van der Waals surface area contributed by atoms with E-state index in [-0.39, 0.29) is 17.3 Å². The van der Waals surface area contributed by atoms with Crippen LogP contribution in [0, 0.1) is 5.41 Å². The lowest BCUT2D eigenvalue weighted by atomic mass is 9.95. The van der Waals surface area contributed by atoms with Gasteiger partial charge < -0.3 is 9.64 Å². The van der Waals surface area contributed by atoms with E-state index in [4.69, 9.17) is 0 Å².